The molecule has 0 aliphatic carbocycles. The number of carbonyl (C=O) groups is 1. The van der Waals surface area contributed by atoms with Crippen LogP contribution in [0.1, 0.15) is 19.4 Å². The Kier molecular flexibility index (Phi) is 4.00. The van der Waals surface area contributed by atoms with Crippen LogP contribution in [0.25, 0.3) is 11.1 Å². The second-order valence-electron chi connectivity index (χ2n) is 4.64. The summed E-state index contributed by atoms with van der Waals surface area (Å²) in [5, 5.41) is 0. The van der Waals surface area contributed by atoms with Crippen molar-refractivity contribution in [2.24, 2.45) is 0 Å². The Morgan fingerprint density at radius 2 is 1.68 bits per heavy atom. The van der Waals surface area contributed by atoms with E-state index in [-0.39, 0.29) is 5.91 Å². The van der Waals surface area contributed by atoms with Crippen molar-refractivity contribution in [3.63, 3.8) is 0 Å². The van der Waals surface area contributed by atoms with Crippen molar-refractivity contribution < 1.29 is 4.79 Å². The minimum atomic E-state index is 0.0432. The van der Waals surface area contributed by atoms with Crippen LogP contribution in [0.15, 0.2) is 48.5 Å². The predicted molar refractivity (Wildman–Crippen MR) is 80.3 cm³/mol. The molecular formula is C17H19NO. The van der Waals surface area contributed by atoms with Gasteiger partial charge in [-0.15, -0.1) is 0 Å². The Bertz CT molecular complexity index is 572. The fourth-order valence-corrected chi connectivity index (χ4v) is 2.16. The summed E-state index contributed by atoms with van der Waals surface area (Å²) >= 11 is 0. The van der Waals surface area contributed by atoms with Crippen molar-refractivity contribution in [1.29, 1.82) is 0 Å². The summed E-state index contributed by atoms with van der Waals surface area (Å²) in [5.74, 6) is 0.0432. The summed E-state index contributed by atoms with van der Waals surface area (Å²) in [6, 6.07) is 16.6. The van der Waals surface area contributed by atoms with Crippen molar-refractivity contribution in [3.05, 3.63) is 54.1 Å². The molecule has 2 aromatic rings. The fourth-order valence-electron chi connectivity index (χ4n) is 2.16. The normalized spacial score (nSPS) is 10.3. The zero-order valence-electron chi connectivity index (χ0n) is 11.7. The van der Waals surface area contributed by atoms with Gasteiger partial charge in [0.25, 0.3) is 0 Å². The van der Waals surface area contributed by atoms with Gasteiger partial charge in [-0.25, -0.2) is 0 Å². The summed E-state index contributed by atoms with van der Waals surface area (Å²) in [4.78, 5) is 13.0. The molecular weight excluding hydrogens is 234 g/mol. The molecule has 98 valence electrons. The van der Waals surface area contributed by atoms with Crippen molar-refractivity contribution >= 4 is 11.6 Å². The van der Waals surface area contributed by atoms with E-state index in [2.05, 4.69) is 43.3 Å². The van der Waals surface area contributed by atoms with Crippen molar-refractivity contribution in [2.45, 2.75) is 20.3 Å². The third kappa shape index (κ3) is 2.84. The Balaban J connectivity index is 2.35. The Morgan fingerprint density at radius 1 is 1.05 bits per heavy atom. The first-order chi connectivity index (χ1) is 9.13. The Hall–Kier alpha value is -2.09. The summed E-state index contributed by atoms with van der Waals surface area (Å²) < 4.78 is 0. The third-order valence-corrected chi connectivity index (χ3v) is 3.44. The molecule has 0 aliphatic rings. The van der Waals surface area contributed by atoms with Crippen LogP contribution < -0.4 is 4.90 Å². The van der Waals surface area contributed by atoms with Crippen LogP contribution in [0, 0.1) is 0 Å². The first kappa shape index (κ1) is 13.3. The highest BCUT2D eigenvalue weighted by molar-refractivity contribution is 5.91. The molecule has 0 aliphatic heterocycles. The van der Waals surface area contributed by atoms with E-state index in [0.29, 0.717) is 0 Å². The first-order valence-electron chi connectivity index (χ1n) is 6.56. The van der Waals surface area contributed by atoms with E-state index in [4.69, 9.17) is 0 Å². The predicted octanol–water partition coefficient (Wildman–Crippen LogP) is 3.90. The monoisotopic (exact) mass is 253 g/mol. The van der Waals surface area contributed by atoms with Gasteiger partial charge in [-0.05, 0) is 35.2 Å². The standard InChI is InChI=1S/C17H19NO/c1-4-14-7-5-6-8-17(14)15-9-11-16(12-10-15)18(3)13(2)19/h5-12H,4H2,1-3H3. The van der Waals surface area contributed by atoms with Crippen LogP contribution in [-0.4, -0.2) is 13.0 Å². The molecule has 0 spiro atoms. The van der Waals surface area contributed by atoms with Crippen LogP contribution in [0.2, 0.25) is 0 Å². The maximum atomic E-state index is 11.3. The molecule has 0 fully saturated rings. The van der Waals surface area contributed by atoms with Crippen molar-refractivity contribution in [1.82, 2.24) is 0 Å². The zero-order valence-corrected chi connectivity index (χ0v) is 11.7. The van der Waals surface area contributed by atoms with Crippen LogP contribution >= 0.6 is 0 Å². The topological polar surface area (TPSA) is 20.3 Å². The van der Waals surface area contributed by atoms with Gasteiger partial charge < -0.3 is 4.90 Å². The van der Waals surface area contributed by atoms with Crippen LogP contribution in [-0.2, 0) is 11.2 Å². The number of rotatable bonds is 3. The number of nitrogens with zero attached hydrogens (tertiary/aromatic N) is 1. The second-order valence-corrected chi connectivity index (χ2v) is 4.64. The van der Waals surface area contributed by atoms with Gasteiger partial charge in [-0.1, -0.05) is 43.3 Å². The molecule has 19 heavy (non-hydrogen) atoms. The first-order valence-corrected chi connectivity index (χ1v) is 6.56. The molecule has 0 saturated carbocycles. The van der Waals surface area contributed by atoms with Gasteiger partial charge in [-0.3, -0.25) is 4.79 Å². The van der Waals surface area contributed by atoms with Gasteiger partial charge in [0, 0.05) is 19.7 Å². The van der Waals surface area contributed by atoms with E-state index >= 15 is 0 Å². The summed E-state index contributed by atoms with van der Waals surface area (Å²) in [6.45, 7) is 3.73. The number of aryl methyl sites for hydroxylation is 1. The van der Waals surface area contributed by atoms with Crippen LogP contribution in [0.4, 0.5) is 5.69 Å². The smallest absolute Gasteiger partial charge is 0.223 e. The molecule has 0 N–H and O–H groups in total. The van der Waals surface area contributed by atoms with E-state index < -0.39 is 0 Å². The molecule has 0 atom stereocenters. The number of carbonyl (C=O) groups excluding carboxylic acids is 1. The lowest BCUT2D eigenvalue weighted by atomic mass is 9.98. The average molecular weight is 253 g/mol. The third-order valence-electron chi connectivity index (χ3n) is 3.44. The molecule has 2 heteroatoms. The Labute approximate surface area is 114 Å². The van der Waals surface area contributed by atoms with E-state index in [1.807, 2.05) is 12.1 Å². The molecule has 0 aromatic heterocycles. The number of benzene rings is 2. The lowest BCUT2D eigenvalue weighted by Crippen LogP contribution is -2.22. The molecule has 0 heterocycles. The van der Waals surface area contributed by atoms with Gasteiger partial charge in [0.15, 0.2) is 0 Å². The molecule has 2 aromatic carbocycles. The van der Waals surface area contributed by atoms with Crippen molar-refractivity contribution in [2.75, 3.05) is 11.9 Å². The number of hydrogen-bond acceptors (Lipinski definition) is 1. The van der Waals surface area contributed by atoms with Gasteiger partial charge in [-0.2, -0.15) is 0 Å². The van der Waals surface area contributed by atoms with E-state index in [1.165, 1.54) is 16.7 Å². The minimum Gasteiger partial charge on any atom is -0.316 e. The minimum absolute atomic E-state index is 0.0432. The maximum Gasteiger partial charge on any atom is 0.223 e. The van der Waals surface area contributed by atoms with E-state index in [0.717, 1.165) is 12.1 Å². The summed E-state index contributed by atoms with van der Waals surface area (Å²) in [6.07, 6.45) is 1.02. The van der Waals surface area contributed by atoms with Gasteiger partial charge in [0.05, 0.1) is 0 Å². The zero-order chi connectivity index (χ0) is 13.8. The molecule has 0 radical (unpaired) electrons. The molecule has 2 nitrogen and oxygen atoms in total. The number of hydrogen-bond donors (Lipinski definition) is 0. The van der Waals surface area contributed by atoms with Gasteiger partial charge in [0.1, 0.15) is 0 Å². The highest BCUT2D eigenvalue weighted by Gasteiger charge is 2.07. The summed E-state index contributed by atoms with van der Waals surface area (Å²) in [5.41, 5.74) is 4.72. The molecule has 0 bridgehead atoms. The maximum absolute atomic E-state index is 11.3. The number of amides is 1. The van der Waals surface area contributed by atoms with E-state index in [9.17, 15) is 4.79 Å². The van der Waals surface area contributed by atoms with Gasteiger partial charge in [0.2, 0.25) is 5.91 Å². The van der Waals surface area contributed by atoms with Crippen LogP contribution in [0.3, 0.4) is 0 Å². The van der Waals surface area contributed by atoms with E-state index in [1.54, 1.807) is 18.9 Å². The molecule has 0 unspecified atom stereocenters. The lowest BCUT2D eigenvalue weighted by molar-refractivity contribution is -0.116. The average Bonchev–Trinajstić information content (AvgIpc) is 2.46. The van der Waals surface area contributed by atoms with Gasteiger partial charge >= 0.3 is 0 Å². The quantitative estimate of drug-likeness (QED) is 0.812. The highest BCUT2D eigenvalue weighted by Crippen LogP contribution is 2.26. The second kappa shape index (κ2) is 5.70. The SMILES string of the molecule is CCc1ccccc1-c1ccc(N(C)C(C)=O)cc1. The Morgan fingerprint density at radius 3 is 2.26 bits per heavy atom. The largest absolute Gasteiger partial charge is 0.316 e. The number of anilines is 1. The fraction of sp³-hybridized carbons (Fsp3) is 0.235. The van der Waals surface area contributed by atoms with Crippen molar-refractivity contribution in [3.8, 4) is 11.1 Å². The molecule has 1 amide bonds. The molecule has 0 saturated heterocycles. The highest BCUT2D eigenvalue weighted by atomic mass is 16.2. The lowest BCUT2D eigenvalue weighted by Gasteiger charge is -2.15. The molecule has 2 rings (SSSR count). The summed E-state index contributed by atoms with van der Waals surface area (Å²) in [7, 11) is 1.79. The van der Waals surface area contributed by atoms with Crippen LogP contribution in [0.5, 0.6) is 0 Å².